The average molecular weight is 387 g/mol. The van der Waals surface area contributed by atoms with E-state index in [2.05, 4.69) is 10.1 Å². The molecule has 0 aromatic heterocycles. The fourth-order valence-electron chi connectivity index (χ4n) is 4.07. The third-order valence-corrected chi connectivity index (χ3v) is 5.53. The van der Waals surface area contributed by atoms with Crippen LogP contribution in [0.4, 0.5) is 10.5 Å². The number of esters is 1. The molecule has 1 atom stereocenters. The van der Waals surface area contributed by atoms with Crippen LogP contribution in [0, 0.1) is 0 Å². The van der Waals surface area contributed by atoms with E-state index >= 15 is 0 Å². The largest absolute Gasteiger partial charge is 0.468 e. The molecule has 1 N–H and O–H groups in total. The molecule has 1 unspecified atom stereocenters. The highest BCUT2D eigenvalue weighted by molar-refractivity contribution is 5.98. The van der Waals surface area contributed by atoms with Gasteiger partial charge < -0.3 is 19.9 Å². The van der Waals surface area contributed by atoms with Gasteiger partial charge >= 0.3 is 12.0 Å². The molecule has 3 rings (SSSR count). The second-order valence-corrected chi connectivity index (χ2v) is 7.26. The highest BCUT2D eigenvalue weighted by Gasteiger charge is 2.53. The predicted molar refractivity (Wildman–Crippen MR) is 102 cm³/mol. The molecule has 0 bridgehead atoms. The number of rotatable bonds is 4. The van der Waals surface area contributed by atoms with Crippen molar-refractivity contribution in [3.63, 3.8) is 0 Å². The Balaban J connectivity index is 1.75. The Hall–Kier alpha value is -2.90. The second kappa shape index (κ2) is 8.00. The van der Waals surface area contributed by atoms with Crippen LogP contribution in [0.5, 0.6) is 0 Å². The van der Waals surface area contributed by atoms with Crippen molar-refractivity contribution in [1.29, 1.82) is 0 Å². The van der Waals surface area contributed by atoms with Crippen molar-refractivity contribution < 1.29 is 23.9 Å². The normalized spacial score (nSPS) is 21.7. The van der Waals surface area contributed by atoms with Gasteiger partial charge in [-0.3, -0.25) is 14.4 Å². The lowest BCUT2D eigenvalue weighted by Crippen LogP contribution is -2.62. The van der Waals surface area contributed by atoms with Crippen molar-refractivity contribution in [1.82, 2.24) is 9.80 Å². The zero-order valence-electron chi connectivity index (χ0n) is 16.2. The number of nitrogens with zero attached hydrogens (tertiary/aromatic N) is 2. The zero-order chi connectivity index (χ0) is 20.3. The van der Waals surface area contributed by atoms with E-state index in [0.717, 1.165) is 12.8 Å². The van der Waals surface area contributed by atoms with Crippen LogP contribution in [-0.2, 0) is 14.3 Å². The Kier molecular flexibility index (Phi) is 5.67. The minimum Gasteiger partial charge on any atom is -0.468 e. The van der Waals surface area contributed by atoms with E-state index in [0.29, 0.717) is 37.2 Å². The van der Waals surface area contributed by atoms with Gasteiger partial charge in [0.15, 0.2) is 5.78 Å². The summed E-state index contributed by atoms with van der Waals surface area (Å²) in [6.45, 7) is 2.35. The number of ether oxygens (including phenoxy) is 1. The van der Waals surface area contributed by atoms with Gasteiger partial charge in [0.25, 0.3) is 0 Å². The summed E-state index contributed by atoms with van der Waals surface area (Å²) >= 11 is 0. The first-order valence-corrected chi connectivity index (χ1v) is 9.43. The summed E-state index contributed by atoms with van der Waals surface area (Å²) in [5.74, 6) is -0.705. The number of hydrogen-bond acceptors (Lipinski definition) is 5. The van der Waals surface area contributed by atoms with Crippen LogP contribution in [0.15, 0.2) is 24.3 Å². The standard InChI is InChI=1S/C20H25N3O5/c1-14(24)15-5-7-16(8-6-15)21-19(27)23-12-4-10-20(23)9-3-11-22(18(20)26)13-17(25)28-2/h5-8H,3-4,9-13H2,1-2H3,(H,21,27). The molecule has 1 spiro atoms. The average Bonchev–Trinajstić information content (AvgIpc) is 3.10. The van der Waals surface area contributed by atoms with Crippen molar-refractivity contribution in [3.8, 4) is 0 Å². The molecule has 2 saturated heterocycles. The molecular formula is C20H25N3O5. The summed E-state index contributed by atoms with van der Waals surface area (Å²) in [6, 6.07) is 6.30. The van der Waals surface area contributed by atoms with Gasteiger partial charge in [0.1, 0.15) is 12.1 Å². The molecule has 2 aliphatic heterocycles. The summed E-state index contributed by atoms with van der Waals surface area (Å²) < 4.78 is 4.68. The minimum atomic E-state index is -0.907. The molecule has 2 heterocycles. The minimum absolute atomic E-state index is 0.0464. The van der Waals surface area contributed by atoms with Gasteiger partial charge in [-0.1, -0.05) is 0 Å². The van der Waals surface area contributed by atoms with Crippen LogP contribution in [0.3, 0.4) is 0 Å². The maximum Gasteiger partial charge on any atom is 0.325 e. The quantitative estimate of drug-likeness (QED) is 0.630. The molecule has 150 valence electrons. The third-order valence-electron chi connectivity index (χ3n) is 5.53. The highest BCUT2D eigenvalue weighted by atomic mass is 16.5. The molecule has 2 fully saturated rings. The molecule has 1 aromatic rings. The lowest BCUT2D eigenvalue weighted by atomic mass is 9.85. The van der Waals surface area contributed by atoms with Crippen molar-refractivity contribution in [2.75, 3.05) is 32.1 Å². The molecule has 3 amide bonds. The molecule has 8 nitrogen and oxygen atoms in total. The van der Waals surface area contributed by atoms with Gasteiger partial charge in [0.05, 0.1) is 7.11 Å². The van der Waals surface area contributed by atoms with Crippen LogP contribution in [-0.4, -0.2) is 65.8 Å². The lowest BCUT2D eigenvalue weighted by molar-refractivity contribution is -0.153. The van der Waals surface area contributed by atoms with E-state index in [9.17, 15) is 19.2 Å². The van der Waals surface area contributed by atoms with E-state index < -0.39 is 11.5 Å². The smallest absolute Gasteiger partial charge is 0.325 e. The first-order valence-electron chi connectivity index (χ1n) is 9.43. The molecule has 2 aliphatic rings. The number of ketones is 1. The number of carbonyl (C=O) groups excluding carboxylic acids is 4. The summed E-state index contributed by atoms with van der Waals surface area (Å²) in [5.41, 5.74) is 0.221. The first kappa shape index (κ1) is 19.9. The topological polar surface area (TPSA) is 96.0 Å². The Morgan fingerprint density at radius 1 is 1.11 bits per heavy atom. The SMILES string of the molecule is COC(=O)CN1CCCC2(CCCN2C(=O)Nc2ccc(C(C)=O)cc2)C1=O. The van der Waals surface area contributed by atoms with Gasteiger partial charge in [0, 0.05) is 24.3 Å². The van der Waals surface area contributed by atoms with Crippen LogP contribution < -0.4 is 5.32 Å². The van der Waals surface area contributed by atoms with Crippen LogP contribution >= 0.6 is 0 Å². The number of amides is 3. The second-order valence-electron chi connectivity index (χ2n) is 7.26. The lowest BCUT2D eigenvalue weighted by Gasteiger charge is -2.44. The van der Waals surface area contributed by atoms with Crippen molar-refractivity contribution in [2.24, 2.45) is 0 Å². The number of likely N-dealkylation sites (tertiary alicyclic amines) is 2. The Morgan fingerprint density at radius 3 is 2.36 bits per heavy atom. The molecule has 8 heteroatoms. The van der Waals surface area contributed by atoms with Crippen molar-refractivity contribution in [3.05, 3.63) is 29.8 Å². The number of hydrogen-bond donors (Lipinski definition) is 1. The number of Topliss-reactive ketones (excluding diaryl/α,β-unsaturated/α-hetero) is 1. The highest BCUT2D eigenvalue weighted by Crippen LogP contribution is 2.38. The number of urea groups is 1. The predicted octanol–water partition coefficient (Wildman–Crippen LogP) is 2.05. The number of nitrogens with one attached hydrogen (secondary N) is 1. The third kappa shape index (κ3) is 3.72. The van der Waals surface area contributed by atoms with E-state index in [1.54, 1.807) is 29.2 Å². The van der Waals surface area contributed by atoms with Crippen molar-refractivity contribution >= 4 is 29.4 Å². The molecule has 0 radical (unpaired) electrons. The van der Waals surface area contributed by atoms with E-state index in [1.807, 2.05) is 0 Å². The van der Waals surface area contributed by atoms with Crippen molar-refractivity contribution in [2.45, 2.75) is 38.1 Å². The fraction of sp³-hybridized carbons (Fsp3) is 0.500. The van der Waals surface area contributed by atoms with Gasteiger partial charge in [-0.05, 0) is 56.9 Å². The fourth-order valence-corrected chi connectivity index (χ4v) is 4.07. The van der Waals surface area contributed by atoms with E-state index in [1.165, 1.54) is 18.9 Å². The summed E-state index contributed by atoms with van der Waals surface area (Å²) in [5, 5.41) is 2.82. The van der Waals surface area contributed by atoms with E-state index in [-0.39, 0.29) is 24.3 Å². The van der Waals surface area contributed by atoms with Crippen LogP contribution in [0.1, 0.15) is 43.0 Å². The maximum atomic E-state index is 13.1. The Morgan fingerprint density at radius 2 is 1.75 bits per heavy atom. The number of methoxy groups -OCH3 is 1. The maximum absolute atomic E-state index is 13.1. The monoisotopic (exact) mass is 387 g/mol. The van der Waals surface area contributed by atoms with Gasteiger partial charge in [-0.25, -0.2) is 4.79 Å². The Labute approximate surface area is 163 Å². The zero-order valence-corrected chi connectivity index (χ0v) is 16.2. The summed E-state index contributed by atoms with van der Waals surface area (Å²) in [7, 11) is 1.29. The molecule has 0 aliphatic carbocycles. The number of anilines is 1. The van der Waals surface area contributed by atoms with Gasteiger partial charge in [0.2, 0.25) is 5.91 Å². The number of piperidine rings is 1. The van der Waals surface area contributed by atoms with Crippen LogP contribution in [0.2, 0.25) is 0 Å². The summed E-state index contributed by atoms with van der Waals surface area (Å²) in [6.07, 6.45) is 2.62. The van der Waals surface area contributed by atoms with Gasteiger partial charge in [-0.2, -0.15) is 0 Å². The van der Waals surface area contributed by atoms with Gasteiger partial charge in [-0.15, -0.1) is 0 Å². The van der Waals surface area contributed by atoms with E-state index in [4.69, 9.17) is 0 Å². The summed E-state index contributed by atoms with van der Waals surface area (Å²) in [4.78, 5) is 52.2. The molecule has 28 heavy (non-hydrogen) atoms. The number of benzene rings is 1. The number of carbonyl (C=O) groups is 4. The van der Waals surface area contributed by atoms with Crippen LogP contribution in [0.25, 0.3) is 0 Å². The molecular weight excluding hydrogens is 362 g/mol. The first-order chi connectivity index (χ1) is 13.4. The molecule has 1 aromatic carbocycles. The Bertz CT molecular complexity index is 792. The molecule has 0 saturated carbocycles.